The first kappa shape index (κ1) is 14.4. The van der Waals surface area contributed by atoms with Crippen LogP contribution < -0.4 is 11.1 Å². The fourth-order valence-corrected chi connectivity index (χ4v) is 3.65. The van der Waals surface area contributed by atoms with Crippen LogP contribution in [-0.4, -0.2) is 41.5 Å². The summed E-state index contributed by atoms with van der Waals surface area (Å²) in [6, 6.07) is 0. The summed E-state index contributed by atoms with van der Waals surface area (Å²) >= 11 is 3.63. The van der Waals surface area contributed by atoms with Crippen molar-refractivity contribution in [3.8, 4) is 0 Å². The van der Waals surface area contributed by atoms with Crippen LogP contribution in [0.2, 0.25) is 0 Å². The van der Waals surface area contributed by atoms with Crippen LogP contribution in [0.3, 0.4) is 0 Å². The third kappa shape index (κ3) is 5.34. The summed E-state index contributed by atoms with van der Waals surface area (Å²) in [5.41, 5.74) is 5.33. The first-order valence-corrected chi connectivity index (χ1v) is 6.72. The van der Waals surface area contributed by atoms with Gasteiger partial charge in [-0.05, 0) is 13.0 Å². The van der Waals surface area contributed by atoms with Crippen molar-refractivity contribution in [1.29, 1.82) is 0 Å². The molecule has 0 aromatic rings. The molecule has 14 heavy (non-hydrogen) atoms. The van der Waals surface area contributed by atoms with Crippen LogP contribution >= 0.6 is 35.9 Å². The van der Waals surface area contributed by atoms with Gasteiger partial charge in [0.05, 0.1) is 5.25 Å². The molecule has 0 aliphatic carbocycles. The van der Waals surface area contributed by atoms with Crippen LogP contribution in [0, 0.1) is 0 Å². The lowest BCUT2D eigenvalue weighted by Crippen LogP contribution is -2.37. The van der Waals surface area contributed by atoms with Crippen LogP contribution in [0.25, 0.3) is 0 Å². The normalized spacial score (nSPS) is 21.1. The number of nitrogens with one attached hydrogen (secondary N) is 1. The first-order valence-electron chi connectivity index (χ1n) is 4.51. The highest BCUT2D eigenvalue weighted by Gasteiger charge is 2.21. The van der Waals surface area contributed by atoms with Gasteiger partial charge in [0.15, 0.2) is 0 Å². The van der Waals surface area contributed by atoms with Gasteiger partial charge in [0, 0.05) is 23.8 Å². The molecule has 0 radical (unpaired) electrons. The number of hydrogen-bond donors (Lipinski definition) is 2. The molecule has 0 saturated carbocycles. The highest BCUT2D eigenvalue weighted by Crippen LogP contribution is 2.23. The van der Waals surface area contributed by atoms with Gasteiger partial charge in [0.1, 0.15) is 0 Å². The number of hydrogen-bond acceptors (Lipinski definition) is 4. The third-order valence-electron chi connectivity index (χ3n) is 1.79. The molecule has 1 amide bonds. The molecular formula is C8H17ClN2OS2. The van der Waals surface area contributed by atoms with Crippen molar-refractivity contribution in [2.75, 3.05) is 30.3 Å². The average molecular weight is 257 g/mol. The molecule has 0 aromatic heterocycles. The summed E-state index contributed by atoms with van der Waals surface area (Å²) in [5.74, 6) is 3.42. The maximum absolute atomic E-state index is 11.5. The standard InChI is InChI=1S/C8H16N2OS2.ClH/c9-2-1-3-10-8(11)7-6-12-4-5-13-7;/h7H,1-6,9H2,(H,10,11);1H. The Bertz CT molecular complexity index is 165. The molecule has 1 unspecified atom stereocenters. The van der Waals surface area contributed by atoms with Gasteiger partial charge in [0.2, 0.25) is 5.91 Å². The molecule has 84 valence electrons. The summed E-state index contributed by atoms with van der Waals surface area (Å²) in [6.07, 6.45) is 0.871. The Morgan fingerprint density at radius 3 is 2.86 bits per heavy atom. The number of carbonyl (C=O) groups is 1. The second-order valence-corrected chi connectivity index (χ2v) is 5.33. The molecule has 1 heterocycles. The zero-order chi connectivity index (χ0) is 9.52. The minimum atomic E-state index is 0. The lowest BCUT2D eigenvalue weighted by molar-refractivity contribution is -0.120. The van der Waals surface area contributed by atoms with Gasteiger partial charge in [-0.15, -0.1) is 24.2 Å². The molecule has 1 aliphatic heterocycles. The van der Waals surface area contributed by atoms with Gasteiger partial charge < -0.3 is 11.1 Å². The van der Waals surface area contributed by atoms with Crippen molar-refractivity contribution in [2.45, 2.75) is 11.7 Å². The van der Waals surface area contributed by atoms with Crippen LogP contribution in [-0.2, 0) is 4.79 Å². The van der Waals surface area contributed by atoms with E-state index in [9.17, 15) is 4.79 Å². The van der Waals surface area contributed by atoms with Gasteiger partial charge >= 0.3 is 0 Å². The van der Waals surface area contributed by atoms with Crippen molar-refractivity contribution in [3.63, 3.8) is 0 Å². The van der Waals surface area contributed by atoms with E-state index in [0.29, 0.717) is 6.54 Å². The lowest BCUT2D eigenvalue weighted by Gasteiger charge is -2.19. The zero-order valence-electron chi connectivity index (χ0n) is 8.03. The van der Waals surface area contributed by atoms with E-state index in [1.165, 1.54) is 5.75 Å². The fraction of sp³-hybridized carbons (Fsp3) is 0.875. The van der Waals surface area contributed by atoms with Crippen LogP contribution in [0.1, 0.15) is 6.42 Å². The highest BCUT2D eigenvalue weighted by atomic mass is 35.5. The highest BCUT2D eigenvalue weighted by molar-refractivity contribution is 8.07. The third-order valence-corrected chi connectivity index (χ3v) is 4.54. The molecule has 1 atom stereocenters. The van der Waals surface area contributed by atoms with E-state index in [1.54, 1.807) is 11.8 Å². The number of nitrogens with two attached hydrogens (primary N) is 1. The molecule has 6 heteroatoms. The van der Waals surface area contributed by atoms with Gasteiger partial charge in [0.25, 0.3) is 0 Å². The Morgan fingerprint density at radius 1 is 1.50 bits per heavy atom. The van der Waals surface area contributed by atoms with E-state index in [0.717, 1.165) is 24.5 Å². The number of halogens is 1. The molecule has 1 aliphatic rings. The number of carbonyl (C=O) groups excluding carboxylic acids is 1. The minimum Gasteiger partial charge on any atom is -0.355 e. The van der Waals surface area contributed by atoms with Crippen molar-refractivity contribution in [3.05, 3.63) is 0 Å². The van der Waals surface area contributed by atoms with Crippen LogP contribution in [0.4, 0.5) is 0 Å². The van der Waals surface area contributed by atoms with Crippen LogP contribution in [0.5, 0.6) is 0 Å². The van der Waals surface area contributed by atoms with Crippen molar-refractivity contribution < 1.29 is 4.79 Å². The zero-order valence-corrected chi connectivity index (χ0v) is 10.5. The summed E-state index contributed by atoms with van der Waals surface area (Å²) in [7, 11) is 0. The summed E-state index contributed by atoms with van der Waals surface area (Å²) < 4.78 is 0. The van der Waals surface area contributed by atoms with Gasteiger partial charge in [-0.3, -0.25) is 4.79 Å². The lowest BCUT2D eigenvalue weighted by atomic mass is 10.4. The SMILES string of the molecule is Cl.NCCCNC(=O)C1CSCCS1. The Labute approximate surface area is 99.7 Å². The second kappa shape index (κ2) is 8.71. The smallest absolute Gasteiger partial charge is 0.233 e. The van der Waals surface area contributed by atoms with Gasteiger partial charge in [-0.2, -0.15) is 11.8 Å². The van der Waals surface area contributed by atoms with E-state index in [2.05, 4.69) is 5.32 Å². The molecule has 1 rings (SSSR count). The van der Waals surface area contributed by atoms with Crippen molar-refractivity contribution in [2.24, 2.45) is 5.73 Å². The van der Waals surface area contributed by atoms with Crippen LogP contribution in [0.15, 0.2) is 0 Å². The van der Waals surface area contributed by atoms with Crippen molar-refractivity contribution in [1.82, 2.24) is 5.32 Å². The summed E-state index contributed by atoms with van der Waals surface area (Å²) in [5, 5.41) is 3.06. The molecule has 3 N–H and O–H groups in total. The largest absolute Gasteiger partial charge is 0.355 e. The van der Waals surface area contributed by atoms with Gasteiger partial charge in [-0.1, -0.05) is 0 Å². The Hall–Kier alpha value is 0.420. The Morgan fingerprint density at radius 2 is 2.29 bits per heavy atom. The Kier molecular flexibility index (Phi) is 8.97. The summed E-state index contributed by atoms with van der Waals surface area (Å²) in [6.45, 7) is 1.36. The van der Waals surface area contributed by atoms with E-state index in [1.807, 2.05) is 11.8 Å². The predicted octanol–water partition coefficient (Wildman–Crippen LogP) is 0.722. The number of rotatable bonds is 4. The number of thioether (sulfide) groups is 2. The molecule has 0 aromatic carbocycles. The topological polar surface area (TPSA) is 55.1 Å². The van der Waals surface area contributed by atoms with E-state index >= 15 is 0 Å². The molecule has 0 bridgehead atoms. The quantitative estimate of drug-likeness (QED) is 0.728. The van der Waals surface area contributed by atoms with E-state index in [4.69, 9.17) is 5.73 Å². The van der Waals surface area contributed by atoms with Crippen molar-refractivity contribution >= 4 is 41.8 Å². The minimum absolute atomic E-state index is 0. The first-order chi connectivity index (χ1) is 6.34. The molecule has 1 saturated heterocycles. The van der Waals surface area contributed by atoms with E-state index < -0.39 is 0 Å². The molecule has 1 fully saturated rings. The van der Waals surface area contributed by atoms with E-state index in [-0.39, 0.29) is 23.6 Å². The second-order valence-electron chi connectivity index (χ2n) is 2.87. The molecule has 0 spiro atoms. The molecular weight excluding hydrogens is 240 g/mol. The Balaban J connectivity index is 0.00000169. The monoisotopic (exact) mass is 256 g/mol. The summed E-state index contributed by atoms with van der Waals surface area (Å²) in [4.78, 5) is 11.5. The molecule has 3 nitrogen and oxygen atoms in total. The van der Waals surface area contributed by atoms with Gasteiger partial charge in [-0.25, -0.2) is 0 Å². The average Bonchev–Trinajstić information content (AvgIpc) is 2.19. The number of amides is 1. The maximum atomic E-state index is 11.5. The maximum Gasteiger partial charge on any atom is 0.233 e. The fourth-order valence-electron chi connectivity index (χ4n) is 1.07. The predicted molar refractivity (Wildman–Crippen MR) is 67.5 cm³/mol.